The van der Waals surface area contributed by atoms with Crippen molar-refractivity contribution in [1.82, 2.24) is 5.32 Å². The van der Waals surface area contributed by atoms with Crippen LogP contribution in [-0.2, 0) is 16.1 Å². The van der Waals surface area contributed by atoms with E-state index in [9.17, 15) is 14.7 Å². The number of aliphatic carboxylic acids is 1. The molecule has 3 aromatic carbocycles. The van der Waals surface area contributed by atoms with E-state index in [0.29, 0.717) is 31.0 Å². The topological polar surface area (TPSA) is 75.6 Å². The van der Waals surface area contributed by atoms with Crippen LogP contribution in [0.3, 0.4) is 0 Å². The first kappa shape index (κ1) is 34.0. The van der Waals surface area contributed by atoms with Crippen LogP contribution in [0.15, 0.2) is 66.7 Å². The average molecular weight is 576 g/mol. The fourth-order valence-electron chi connectivity index (χ4n) is 4.61. The second-order valence-electron chi connectivity index (χ2n) is 9.72. The van der Waals surface area contributed by atoms with Crippen molar-refractivity contribution in [3.8, 4) is 11.1 Å². The molecule has 0 spiro atoms. The molecule has 8 heteroatoms. The number of unbranched alkanes of at least 4 members (excludes halogenated alkanes) is 1. The zero-order valence-corrected chi connectivity index (χ0v) is 24.5. The van der Waals surface area contributed by atoms with Crippen molar-refractivity contribution in [3.05, 3.63) is 94.0 Å². The molecule has 0 bridgehead atoms. The van der Waals surface area contributed by atoms with Crippen LogP contribution >= 0.6 is 23.4 Å². The molecule has 0 saturated carbocycles. The minimum atomic E-state index is -1.03. The summed E-state index contributed by atoms with van der Waals surface area (Å²) in [4.78, 5) is 25.1. The Morgan fingerprint density at radius 2 is 1.75 bits per heavy atom. The van der Waals surface area contributed by atoms with Gasteiger partial charge >= 0.3 is 24.8 Å². The predicted octanol–water partition coefficient (Wildman–Crippen LogP) is 7.09. The first-order valence-corrected chi connectivity index (χ1v) is 15.2. The number of rotatable bonds is 15. The fraction of sp³-hybridized carbons (Fsp3) is 0.375. The molecule has 3 aromatic rings. The second kappa shape index (κ2) is 17.6. The molecular weight excluding hydrogens is 537 g/mol. The van der Waals surface area contributed by atoms with Gasteiger partial charge in [-0.2, -0.15) is 11.8 Å². The van der Waals surface area contributed by atoms with Crippen molar-refractivity contribution in [2.45, 2.75) is 58.1 Å². The average Bonchev–Trinajstić information content (AvgIpc) is 2.93. The molecule has 2 N–H and O–H groups in total. The van der Waals surface area contributed by atoms with Crippen molar-refractivity contribution >= 4 is 54.1 Å². The molecular formula is C32H39ClLiNO4S. The predicted molar refractivity (Wildman–Crippen MR) is 169 cm³/mol. The molecule has 0 aliphatic heterocycles. The number of carbonyl (C=O) groups is 2. The van der Waals surface area contributed by atoms with Crippen molar-refractivity contribution in [3.63, 3.8) is 0 Å². The van der Waals surface area contributed by atoms with E-state index in [1.54, 1.807) is 17.8 Å². The van der Waals surface area contributed by atoms with Gasteiger partial charge in [-0.3, -0.25) is 4.79 Å². The van der Waals surface area contributed by atoms with Gasteiger partial charge in [0, 0.05) is 16.5 Å². The molecule has 40 heavy (non-hydrogen) atoms. The van der Waals surface area contributed by atoms with Gasteiger partial charge < -0.3 is 15.2 Å². The molecule has 0 aliphatic carbocycles. The van der Waals surface area contributed by atoms with Crippen molar-refractivity contribution < 1.29 is 19.4 Å². The van der Waals surface area contributed by atoms with Crippen LogP contribution in [0.2, 0.25) is 5.02 Å². The summed E-state index contributed by atoms with van der Waals surface area (Å²) in [6.07, 6.45) is 5.46. The summed E-state index contributed by atoms with van der Waals surface area (Å²) in [5.74, 6) is -0.580. The number of carbonyl (C=O) groups excluding carboxylic acids is 1. The van der Waals surface area contributed by atoms with Crippen LogP contribution in [-0.4, -0.2) is 60.5 Å². The quantitative estimate of drug-likeness (QED) is 0.189. The fourth-order valence-corrected chi connectivity index (χ4v) is 5.37. The van der Waals surface area contributed by atoms with Gasteiger partial charge in [-0.15, -0.1) is 0 Å². The van der Waals surface area contributed by atoms with Gasteiger partial charge in [0.2, 0.25) is 0 Å². The number of aryl methyl sites for hydroxylation is 1. The molecule has 0 saturated heterocycles. The Hall–Kier alpha value is -2.20. The molecule has 0 aliphatic rings. The Balaban J connectivity index is 0.00000560. The number of halogens is 1. The number of hydrogen-bond donors (Lipinski definition) is 2. The minimum absolute atomic E-state index is 0. The summed E-state index contributed by atoms with van der Waals surface area (Å²) in [5.41, 5.74) is 5.21. The number of carboxylic acids is 1. The Labute approximate surface area is 259 Å². The van der Waals surface area contributed by atoms with Crippen LogP contribution in [0.5, 0.6) is 0 Å². The third-order valence-electron chi connectivity index (χ3n) is 6.82. The Morgan fingerprint density at radius 1 is 1.02 bits per heavy atom. The van der Waals surface area contributed by atoms with Crippen LogP contribution in [0.25, 0.3) is 11.1 Å². The van der Waals surface area contributed by atoms with Crippen LogP contribution in [0.1, 0.15) is 65.6 Å². The molecule has 0 radical (unpaired) electrons. The third-order valence-corrected chi connectivity index (χ3v) is 7.81. The SMILES string of the molecule is CCCCC(COCc1ccc(C(=O)NC(CCSC)C(=O)O)c(-c2ccccc2C)c1)c1ccccc1Cl.[LiH]. The number of amides is 1. The van der Waals surface area contributed by atoms with E-state index >= 15 is 0 Å². The summed E-state index contributed by atoms with van der Waals surface area (Å²) < 4.78 is 6.21. The van der Waals surface area contributed by atoms with E-state index in [4.69, 9.17) is 16.3 Å². The molecule has 0 fully saturated rings. The van der Waals surface area contributed by atoms with Gasteiger partial charge in [0.05, 0.1) is 13.2 Å². The maximum absolute atomic E-state index is 13.3. The third kappa shape index (κ3) is 9.71. The number of nitrogens with one attached hydrogen (secondary N) is 1. The van der Waals surface area contributed by atoms with Crippen LogP contribution < -0.4 is 5.32 Å². The van der Waals surface area contributed by atoms with Gasteiger partial charge in [0.15, 0.2) is 0 Å². The zero-order chi connectivity index (χ0) is 28.2. The summed E-state index contributed by atoms with van der Waals surface area (Å²) in [5, 5.41) is 13.1. The molecule has 0 heterocycles. The van der Waals surface area contributed by atoms with Crippen LogP contribution in [0, 0.1) is 6.92 Å². The molecule has 2 unspecified atom stereocenters. The molecule has 5 nitrogen and oxygen atoms in total. The van der Waals surface area contributed by atoms with E-state index < -0.39 is 17.9 Å². The molecule has 1 amide bonds. The zero-order valence-electron chi connectivity index (χ0n) is 22.9. The Morgan fingerprint density at radius 3 is 2.42 bits per heavy atom. The van der Waals surface area contributed by atoms with E-state index in [-0.39, 0.29) is 24.8 Å². The van der Waals surface area contributed by atoms with Gasteiger partial charge in [-0.05, 0) is 77.8 Å². The number of ether oxygens (including phenoxy) is 1. The van der Waals surface area contributed by atoms with Crippen LogP contribution in [0.4, 0.5) is 0 Å². The molecule has 2 atom stereocenters. The number of carboxylic acid groups (broad SMARTS) is 1. The Bertz CT molecular complexity index is 1260. The van der Waals surface area contributed by atoms with Crippen molar-refractivity contribution in [1.29, 1.82) is 0 Å². The molecule has 3 rings (SSSR count). The van der Waals surface area contributed by atoms with Gasteiger partial charge in [-0.25, -0.2) is 4.79 Å². The summed E-state index contributed by atoms with van der Waals surface area (Å²) >= 11 is 8.05. The van der Waals surface area contributed by atoms with Gasteiger partial charge in [-0.1, -0.05) is 79.9 Å². The van der Waals surface area contributed by atoms with Crippen molar-refractivity contribution in [2.24, 2.45) is 0 Å². The van der Waals surface area contributed by atoms with Gasteiger partial charge in [0.1, 0.15) is 6.04 Å². The number of thioether (sulfide) groups is 1. The monoisotopic (exact) mass is 575 g/mol. The summed E-state index contributed by atoms with van der Waals surface area (Å²) in [6.45, 7) is 5.11. The second-order valence-corrected chi connectivity index (χ2v) is 11.1. The van der Waals surface area contributed by atoms with Crippen molar-refractivity contribution in [2.75, 3.05) is 18.6 Å². The Kier molecular flexibility index (Phi) is 14.9. The number of benzene rings is 3. The van der Waals surface area contributed by atoms with Gasteiger partial charge in [0.25, 0.3) is 5.91 Å². The first-order chi connectivity index (χ1) is 18.8. The number of hydrogen-bond acceptors (Lipinski definition) is 4. The van der Waals surface area contributed by atoms with E-state index in [2.05, 4.69) is 18.3 Å². The summed E-state index contributed by atoms with van der Waals surface area (Å²) in [6, 6.07) is 20.5. The van der Waals surface area contributed by atoms with E-state index in [1.165, 1.54) is 0 Å². The first-order valence-electron chi connectivity index (χ1n) is 13.4. The molecule has 210 valence electrons. The molecule has 0 aromatic heterocycles. The van der Waals surface area contributed by atoms with E-state index in [0.717, 1.165) is 52.1 Å². The summed E-state index contributed by atoms with van der Waals surface area (Å²) in [7, 11) is 0. The maximum atomic E-state index is 13.3. The van der Waals surface area contributed by atoms with E-state index in [1.807, 2.05) is 67.8 Å². The normalized spacial score (nSPS) is 12.3. The standard InChI is InChI=1S/C32H38ClNO4S.Li.H/c1-4-5-11-24(26-13-8-9-14-29(26)33)21-38-20-23-15-16-27(28(19-23)25-12-7-6-10-22(25)2)31(35)34-30(32(36)37)17-18-39-3;;/h6-10,12-16,19,24,30H,4-5,11,17-18,20-21H2,1-3H3,(H,34,35)(H,36,37);;.